The summed E-state index contributed by atoms with van der Waals surface area (Å²) < 4.78 is 18.0. The smallest absolute Gasteiger partial charge is 0.240 e. The molecular formula is C19H19FN6O2S. The van der Waals surface area contributed by atoms with Crippen molar-refractivity contribution in [3.63, 3.8) is 0 Å². The van der Waals surface area contributed by atoms with Crippen LogP contribution in [-0.2, 0) is 4.79 Å². The fourth-order valence-electron chi connectivity index (χ4n) is 2.25. The van der Waals surface area contributed by atoms with Gasteiger partial charge in [-0.05, 0) is 61.0 Å². The van der Waals surface area contributed by atoms with E-state index >= 15 is 0 Å². The van der Waals surface area contributed by atoms with Crippen LogP contribution in [0, 0.1) is 5.82 Å². The summed E-state index contributed by atoms with van der Waals surface area (Å²) in [7, 11) is 1.61. The number of ether oxygens (including phenoxy) is 1. The molecule has 1 aromatic heterocycles. The number of benzene rings is 2. The average molecular weight is 414 g/mol. The highest BCUT2D eigenvalue weighted by Crippen LogP contribution is 2.16. The van der Waals surface area contributed by atoms with Gasteiger partial charge in [-0.15, -0.1) is 5.10 Å². The first kappa shape index (κ1) is 20.3. The van der Waals surface area contributed by atoms with Crippen LogP contribution in [0.2, 0.25) is 0 Å². The second-order valence-electron chi connectivity index (χ2n) is 5.85. The largest absolute Gasteiger partial charge is 0.497 e. The lowest BCUT2D eigenvalue weighted by molar-refractivity contribution is -0.113. The molecule has 0 radical (unpaired) electrons. The third-order valence-electron chi connectivity index (χ3n) is 3.76. The van der Waals surface area contributed by atoms with Crippen LogP contribution in [0.1, 0.15) is 12.5 Å². The van der Waals surface area contributed by atoms with Crippen molar-refractivity contribution in [2.24, 2.45) is 5.10 Å². The summed E-state index contributed by atoms with van der Waals surface area (Å²) in [5.74, 6) is 0.648. The molecule has 8 nitrogen and oxygen atoms in total. The number of thioether (sulfide) groups is 1. The first-order chi connectivity index (χ1) is 14.0. The molecule has 3 rings (SSSR count). The minimum absolute atomic E-state index is 0.114. The van der Waals surface area contributed by atoms with Crippen LogP contribution in [0.5, 0.6) is 5.75 Å². The van der Waals surface area contributed by atoms with Gasteiger partial charge in [0.15, 0.2) is 0 Å². The number of aromatic amines is 1. The number of carbonyl (C=O) groups is 1. The van der Waals surface area contributed by atoms with Gasteiger partial charge in [0.25, 0.3) is 0 Å². The van der Waals surface area contributed by atoms with Crippen LogP contribution >= 0.6 is 11.8 Å². The Morgan fingerprint density at radius 3 is 2.62 bits per heavy atom. The molecule has 0 bridgehead atoms. The maximum Gasteiger partial charge on any atom is 0.240 e. The van der Waals surface area contributed by atoms with E-state index in [0.29, 0.717) is 16.8 Å². The summed E-state index contributed by atoms with van der Waals surface area (Å²) in [5, 5.41) is 14.1. The molecule has 0 saturated heterocycles. The van der Waals surface area contributed by atoms with Gasteiger partial charge in [0.2, 0.25) is 17.0 Å². The molecule has 10 heteroatoms. The van der Waals surface area contributed by atoms with Crippen LogP contribution in [0.15, 0.2) is 58.8 Å². The number of H-pyrrole nitrogens is 1. The fourth-order valence-corrected chi connectivity index (χ4v) is 2.85. The van der Waals surface area contributed by atoms with Gasteiger partial charge in [-0.3, -0.25) is 4.79 Å². The summed E-state index contributed by atoms with van der Waals surface area (Å²) in [6.07, 6.45) is 0. The SMILES string of the molecule is COc1ccc(/C(C)=N/Nc2nc(SCC(=O)Nc3ccc(F)cc3)n[nH]2)cc1. The van der Waals surface area contributed by atoms with Gasteiger partial charge in [-0.25, -0.2) is 14.9 Å². The molecule has 1 heterocycles. The Bertz CT molecular complexity index is 989. The number of hydrogen-bond donors (Lipinski definition) is 3. The van der Waals surface area contributed by atoms with E-state index < -0.39 is 0 Å². The molecule has 2 aromatic carbocycles. The van der Waals surface area contributed by atoms with E-state index in [1.807, 2.05) is 31.2 Å². The van der Waals surface area contributed by atoms with Gasteiger partial charge in [0.05, 0.1) is 18.6 Å². The number of rotatable bonds is 8. The predicted molar refractivity (Wildman–Crippen MR) is 111 cm³/mol. The van der Waals surface area contributed by atoms with E-state index in [2.05, 4.69) is 31.0 Å². The number of nitrogens with zero attached hydrogens (tertiary/aromatic N) is 3. The summed E-state index contributed by atoms with van der Waals surface area (Å²) in [6, 6.07) is 13.1. The lowest BCUT2D eigenvalue weighted by Crippen LogP contribution is -2.14. The topological polar surface area (TPSA) is 104 Å². The van der Waals surface area contributed by atoms with E-state index in [1.165, 1.54) is 24.3 Å². The van der Waals surface area contributed by atoms with Crippen LogP contribution in [0.25, 0.3) is 0 Å². The molecule has 29 heavy (non-hydrogen) atoms. The van der Waals surface area contributed by atoms with Gasteiger partial charge in [0.1, 0.15) is 11.6 Å². The van der Waals surface area contributed by atoms with Crippen molar-refractivity contribution in [3.8, 4) is 5.75 Å². The molecule has 0 aliphatic rings. The van der Waals surface area contributed by atoms with Gasteiger partial charge in [-0.2, -0.15) is 10.1 Å². The van der Waals surface area contributed by atoms with Crippen LogP contribution < -0.4 is 15.5 Å². The Balaban J connectivity index is 1.49. The number of methoxy groups -OCH3 is 1. The number of hydrazone groups is 1. The molecular weight excluding hydrogens is 395 g/mol. The van der Waals surface area contributed by atoms with Crippen LogP contribution in [-0.4, -0.2) is 39.7 Å². The number of halogens is 1. The van der Waals surface area contributed by atoms with E-state index in [4.69, 9.17) is 4.74 Å². The summed E-state index contributed by atoms with van der Waals surface area (Å²) in [4.78, 5) is 16.2. The standard InChI is InChI=1S/C19H19FN6O2S/c1-12(13-3-9-16(28-2)10-4-13)23-24-18-22-19(26-25-18)29-11-17(27)21-15-7-5-14(20)6-8-15/h3-10H,11H2,1-2H3,(H,21,27)(H2,22,24,25,26)/b23-12+. The number of anilines is 2. The van der Waals surface area contributed by atoms with Crippen molar-refractivity contribution >= 4 is 35.0 Å². The van der Waals surface area contributed by atoms with Crippen molar-refractivity contribution in [1.29, 1.82) is 0 Å². The van der Waals surface area contributed by atoms with E-state index in [-0.39, 0.29) is 17.5 Å². The molecule has 3 N–H and O–H groups in total. The maximum atomic E-state index is 12.9. The van der Waals surface area contributed by atoms with Crippen molar-refractivity contribution in [2.75, 3.05) is 23.6 Å². The zero-order valence-electron chi connectivity index (χ0n) is 15.8. The molecule has 0 atom stereocenters. The fraction of sp³-hybridized carbons (Fsp3) is 0.158. The number of hydrogen-bond acceptors (Lipinski definition) is 7. The molecule has 0 unspecified atom stereocenters. The van der Waals surface area contributed by atoms with E-state index in [1.54, 1.807) is 7.11 Å². The van der Waals surface area contributed by atoms with Gasteiger partial charge >= 0.3 is 0 Å². The van der Waals surface area contributed by atoms with Crippen molar-refractivity contribution in [1.82, 2.24) is 15.2 Å². The third kappa shape index (κ3) is 6.04. The molecule has 0 aliphatic carbocycles. The molecule has 0 fully saturated rings. The quantitative estimate of drug-likeness (QED) is 0.296. The Kier molecular flexibility index (Phi) is 6.80. The highest BCUT2D eigenvalue weighted by atomic mass is 32.2. The average Bonchev–Trinajstić information content (AvgIpc) is 3.20. The third-order valence-corrected chi connectivity index (χ3v) is 4.61. The van der Waals surface area contributed by atoms with Gasteiger partial charge in [0, 0.05) is 5.69 Å². The van der Waals surface area contributed by atoms with E-state index in [9.17, 15) is 9.18 Å². The van der Waals surface area contributed by atoms with E-state index in [0.717, 1.165) is 28.8 Å². The number of carbonyl (C=O) groups excluding carboxylic acids is 1. The Hall–Kier alpha value is -3.40. The van der Waals surface area contributed by atoms with Gasteiger partial charge < -0.3 is 10.1 Å². The van der Waals surface area contributed by atoms with Crippen LogP contribution in [0.4, 0.5) is 16.0 Å². The zero-order chi connectivity index (χ0) is 20.6. The Morgan fingerprint density at radius 1 is 1.21 bits per heavy atom. The second kappa shape index (κ2) is 9.69. The normalized spacial score (nSPS) is 11.2. The minimum atomic E-state index is -0.358. The van der Waals surface area contributed by atoms with Gasteiger partial charge in [-0.1, -0.05) is 11.8 Å². The van der Waals surface area contributed by atoms with Crippen molar-refractivity contribution in [3.05, 3.63) is 59.9 Å². The first-order valence-electron chi connectivity index (χ1n) is 8.59. The number of aromatic nitrogens is 3. The highest BCUT2D eigenvalue weighted by Gasteiger charge is 2.08. The summed E-state index contributed by atoms with van der Waals surface area (Å²) in [5.41, 5.74) is 5.02. The molecule has 1 amide bonds. The first-order valence-corrected chi connectivity index (χ1v) is 9.57. The zero-order valence-corrected chi connectivity index (χ0v) is 16.6. The monoisotopic (exact) mass is 414 g/mol. The Morgan fingerprint density at radius 2 is 1.93 bits per heavy atom. The van der Waals surface area contributed by atoms with Crippen LogP contribution in [0.3, 0.4) is 0 Å². The summed E-state index contributed by atoms with van der Waals surface area (Å²) in [6.45, 7) is 1.86. The molecule has 0 aliphatic heterocycles. The highest BCUT2D eigenvalue weighted by molar-refractivity contribution is 7.99. The van der Waals surface area contributed by atoms with Crippen molar-refractivity contribution < 1.29 is 13.9 Å². The minimum Gasteiger partial charge on any atom is -0.497 e. The molecule has 3 aromatic rings. The Labute approximate surface area is 171 Å². The maximum absolute atomic E-state index is 12.9. The lowest BCUT2D eigenvalue weighted by Gasteiger charge is -2.03. The van der Waals surface area contributed by atoms with Crippen molar-refractivity contribution in [2.45, 2.75) is 12.1 Å². The number of nitrogens with one attached hydrogen (secondary N) is 3. The molecule has 0 saturated carbocycles. The summed E-state index contributed by atoms with van der Waals surface area (Å²) >= 11 is 1.16. The number of amides is 1. The second-order valence-corrected chi connectivity index (χ2v) is 6.79. The lowest BCUT2D eigenvalue weighted by atomic mass is 10.1. The molecule has 150 valence electrons. The predicted octanol–water partition coefficient (Wildman–Crippen LogP) is 3.52. The molecule has 0 spiro atoms.